The van der Waals surface area contributed by atoms with Gasteiger partial charge in [0, 0.05) is 12.6 Å². The largest absolute Gasteiger partial charge is 0.303 e. The van der Waals surface area contributed by atoms with E-state index in [-0.39, 0.29) is 0 Å². The van der Waals surface area contributed by atoms with E-state index in [1.165, 1.54) is 13.0 Å². The van der Waals surface area contributed by atoms with Gasteiger partial charge in [-0.3, -0.25) is 0 Å². The van der Waals surface area contributed by atoms with Crippen LogP contribution in [0.25, 0.3) is 0 Å². The van der Waals surface area contributed by atoms with Crippen molar-refractivity contribution in [3.05, 3.63) is 0 Å². The monoisotopic (exact) mass is 223 g/mol. The van der Waals surface area contributed by atoms with E-state index in [0.29, 0.717) is 11.5 Å². The Labute approximate surface area is 99.8 Å². The maximum atomic E-state index is 9.15. The molecule has 2 atom stereocenters. The van der Waals surface area contributed by atoms with E-state index < -0.39 is 5.54 Å². The number of nitriles is 1. The summed E-state index contributed by atoms with van der Waals surface area (Å²) >= 11 is 0. The summed E-state index contributed by atoms with van der Waals surface area (Å²) in [7, 11) is 1.86. The van der Waals surface area contributed by atoms with Crippen molar-refractivity contribution in [3.8, 4) is 6.07 Å². The van der Waals surface area contributed by atoms with Crippen LogP contribution < -0.4 is 5.32 Å². The number of hydrogen-bond acceptors (Lipinski definition) is 3. The fourth-order valence-corrected chi connectivity index (χ4v) is 2.45. The first-order chi connectivity index (χ1) is 7.32. The highest BCUT2D eigenvalue weighted by atomic mass is 15.2. The quantitative estimate of drug-likeness (QED) is 0.792. The van der Waals surface area contributed by atoms with Gasteiger partial charge in [0.25, 0.3) is 0 Å². The molecule has 0 bridgehead atoms. The fourth-order valence-electron chi connectivity index (χ4n) is 2.45. The van der Waals surface area contributed by atoms with Gasteiger partial charge in [-0.05, 0) is 45.7 Å². The van der Waals surface area contributed by atoms with E-state index in [0.717, 1.165) is 13.0 Å². The molecule has 1 heterocycles. The van der Waals surface area contributed by atoms with E-state index in [9.17, 15) is 0 Å². The van der Waals surface area contributed by atoms with Gasteiger partial charge in [-0.25, -0.2) is 0 Å². The van der Waals surface area contributed by atoms with Crippen LogP contribution >= 0.6 is 0 Å². The second-order valence-corrected chi connectivity index (χ2v) is 6.13. The van der Waals surface area contributed by atoms with Gasteiger partial charge in [-0.1, -0.05) is 13.8 Å². The highest BCUT2D eigenvalue weighted by Gasteiger charge is 2.34. The van der Waals surface area contributed by atoms with Gasteiger partial charge in [0.2, 0.25) is 0 Å². The van der Waals surface area contributed by atoms with Crippen molar-refractivity contribution in [3.63, 3.8) is 0 Å². The van der Waals surface area contributed by atoms with E-state index in [2.05, 4.69) is 37.1 Å². The Bertz CT molecular complexity index is 279. The van der Waals surface area contributed by atoms with Gasteiger partial charge >= 0.3 is 0 Å². The zero-order valence-corrected chi connectivity index (χ0v) is 11.3. The number of nitrogens with zero attached hydrogens (tertiary/aromatic N) is 2. The minimum Gasteiger partial charge on any atom is -0.303 e. The van der Waals surface area contributed by atoms with Gasteiger partial charge in [-0.15, -0.1) is 0 Å². The molecule has 0 spiro atoms. The molecule has 1 saturated heterocycles. The predicted octanol–water partition coefficient (Wildman–Crippen LogP) is 2.00. The first kappa shape index (κ1) is 13.5. The van der Waals surface area contributed by atoms with E-state index in [1.54, 1.807) is 0 Å². The molecule has 0 aromatic carbocycles. The fraction of sp³-hybridized carbons (Fsp3) is 0.923. The van der Waals surface area contributed by atoms with Crippen LogP contribution in [0.3, 0.4) is 0 Å². The highest BCUT2D eigenvalue weighted by Crippen LogP contribution is 2.31. The Kier molecular flexibility index (Phi) is 3.98. The second kappa shape index (κ2) is 4.73. The number of rotatable bonds is 4. The normalized spacial score (nSPS) is 26.0. The summed E-state index contributed by atoms with van der Waals surface area (Å²) in [6.45, 7) is 11.2. The van der Waals surface area contributed by atoms with Crippen LogP contribution in [-0.2, 0) is 0 Å². The Morgan fingerprint density at radius 3 is 2.56 bits per heavy atom. The van der Waals surface area contributed by atoms with Crippen LogP contribution in [0, 0.1) is 16.7 Å². The third kappa shape index (κ3) is 3.20. The number of likely N-dealkylation sites (tertiary alicyclic amines) is 1. The molecule has 1 rings (SSSR count). The average molecular weight is 223 g/mol. The maximum absolute atomic E-state index is 9.15. The number of nitrogens with one attached hydrogen (secondary N) is 1. The molecular weight excluding hydrogens is 198 g/mol. The van der Waals surface area contributed by atoms with Crippen molar-refractivity contribution < 1.29 is 0 Å². The predicted molar refractivity (Wildman–Crippen MR) is 67.1 cm³/mol. The summed E-state index contributed by atoms with van der Waals surface area (Å²) in [5.74, 6) is 0. The van der Waals surface area contributed by atoms with Gasteiger partial charge in [-0.2, -0.15) is 5.26 Å². The molecule has 3 nitrogen and oxygen atoms in total. The Morgan fingerprint density at radius 2 is 2.19 bits per heavy atom. The van der Waals surface area contributed by atoms with Crippen LogP contribution in [-0.4, -0.2) is 36.6 Å². The molecule has 1 fully saturated rings. The molecule has 1 aliphatic heterocycles. The van der Waals surface area contributed by atoms with Crippen molar-refractivity contribution in [1.82, 2.24) is 10.2 Å². The summed E-state index contributed by atoms with van der Waals surface area (Å²) in [5, 5.41) is 12.3. The third-order valence-corrected chi connectivity index (χ3v) is 3.83. The minimum atomic E-state index is -0.397. The van der Waals surface area contributed by atoms with Crippen molar-refractivity contribution in [2.24, 2.45) is 5.41 Å². The summed E-state index contributed by atoms with van der Waals surface area (Å²) in [6, 6.07) is 2.84. The summed E-state index contributed by atoms with van der Waals surface area (Å²) in [5.41, 5.74) is 0.0447. The summed E-state index contributed by atoms with van der Waals surface area (Å²) in [6.07, 6.45) is 2.15. The van der Waals surface area contributed by atoms with Crippen LogP contribution in [0.2, 0.25) is 0 Å². The Balaban J connectivity index is 2.54. The van der Waals surface area contributed by atoms with Gasteiger partial charge in [0.05, 0.1) is 6.07 Å². The van der Waals surface area contributed by atoms with Crippen molar-refractivity contribution in [2.45, 2.75) is 52.1 Å². The molecule has 0 saturated carbocycles. The molecule has 0 aromatic rings. The van der Waals surface area contributed by atoms with Crippen molar-refractivity contribution in [2.75, 3.05) is 20.1 Å². The minimum absolute atomic E-state index is 0.397. The highest BCUT2D eigenvalue weighted by molar-refractivity contribution is 5.05. The lowest BCUT2D eigenvalue weighted by molar-refractivity contribution is 0.197. The zero-order valence-electron chi connectivity index (χ0n) is 11.3. The molecule has 3 heteroatoms. The van der Waals surface area contributed by atoms with Crippen LogP contribution in [0.15, 0.2) is 0 Å². The summed E-state index contributed by atoms with van der Waals surface area (Å²) in [4.78, 5) is 2.51. The lowest BCUT2D eigenvalue weighted by Crippen LogP contribution is -2.45. The zero-order chi connectivity index (χ0) is 12.4. The van der Waals surface area contributed by atoms with E-state index in [1.807, 2.05) is 14.0 Å². The topological polar surface area (TPSA) is 39.1 Å². The molecule has 1 N–H and O–H groups in total. The third-order valence-electron chi connectivity index (χ3n) is 3.83. The molecule has 0 amide bonds. The molecule has 16 heavy (non-hydrogen) atoms. The van der Waals surface area contributed by atoms with Crippen LogP contribution in [0.5, 0.6) is 0 Å². The molecule has 0 aromatic heterocycles. The van der Waals surface area contributed by atoms with E-state index in [4.69, 9.17) is 5.26 Å². The average Bonchev–Trinajstić information content (AvgIpc) is 2.58. The lowest BCUT2D eigenvalue weighted by atomic mass is 9.92. The molecule has 92 valence electrons. The van der Waals surface area contributed by atoms with Gasteiger partial charge < -0.3 is 10.2 Å². The lowest BCUT2D eigenvalue weighted by Gasteiger charge is -2.31. The standard InChI is InChI=1S/C13H25N3/c1-11(8-13(4,9-14)15-5)16-7-6-12(2,3)10-16/h11,15H,6-8,10H2,1-5H3. The summed E-state index contributed by atoms with van der Waals surface area (Å²) < 4.78 is 0. The molecular formula is C13H25N3. The van der Waals surface area contributed by atoms with Crippen molar-refractivity contribution in [1.29, 1.82) is 5.26 Å². The smallest absolute Gasteiger partial charge is 0.105 e. The number of hydrogen-bond donors (Lipinski definition) is 1. The molecule has 0 radical (unpaired) electrons. The first-order valence-corrected chi connectivity index (χ1v) is 6.16. The molecule has 1 aliphatic rings. The Hall–Kier alpha value is -0.590. The maximum Gasteiger partial charge on any atom is 0.105 e. The van der Waals surface area contributed by atoms with Gasteiger partial charge in [0.1, 0.15) is 5.54 Å². The van der Waals surface area contributed by atoms with E-state index >= 15 is 0 Å². The Morgan fingerprint density at radius 1 is 1.56 bits per heavy atom. The first-order valence-electron chi connectivity index (χ1n) is 6.16. The molecule has 2 unspecified atom stereocenters. The SMILES string of the molecule is CNC(C)(C#N)CC(C)N1CCC(C)(C)C1. The van der Waals surface area contributed by atoms with Crippen LogP contribution in [0.1, 0.15) is 40.5 Å². The van der Waals surface area contributed by atoms with Crippen molar-refractivity contribution >= 4 is 0 Å². The molecule has 0 aliphatic carbocycles. The second-order valence-electron chi connectivity index (χ2n) is 6.13. The van der Waals surface area contributed by atoms with Crippen LogP contribution in [0.4, 0.5) is 0 Å². The van der Waals surface area contributed by atoms with Gasteiger partial charge in [0.15, 0.2) is 0 Å².